The number of likely N-dealkylation sites (tertiary alicyclic amines) is 1. The summed E-state index contributed by atoms with van der Waals surface area (Å²) in [7, 11) is 0. The van der Waals surface area contributed by atoms with E-state index in [2.05, 4.69) is 38.5 Å². The molecule has 0 unspecified atom stereocenters. The summed E-state index contributed by atoms with van der Waals surface area (Å²) in [4.78, 5) is 15.8. The van der Waals surface area contributed by atoms with Gasteiger partial charge in [-0.3, -0.25) is 4.90 Å². The van der Waals surface area contributed by atoms with Crippen LogP contribution in [0.3, 0.4) is 0 Å². The number of piperidine rings is 1. The number of rotatable bonds is 5. The van der Waals surface area contributed by atoms with Crippen molar-refractivity contribution in [3.8, 4) is 0 Å². The summed E-state index contributed by atoms with van der Waals surface area (Å²) < 4.78 is 0. The Hall–Kier alpha value is -1.44. The average molecular weight is 348 g/mol. The average Bonchev–Trinajstić information content (AvgIpc) is 2.62. The molecule has 2 aliphatic rings. The summed E-state index contributed by atoms with van der Waals surface area (Å²) in [5.41, 5.74) is 5.81. The maximum Gasteiger partial charge on any atom is 0.134 e. The Labute approximate surface area is 150 Å². The van der Waals surface area contributed by atoms with E-state index >= 15 is 0 Å². The monoisotopic (exact) mass is 348 g/mol. The second-order valence-electron chi connectivity index (χ2n) is 7.51. The normalized spacial score (nSPS) is 24.2. The van der Waals surface area contributed by atoms with E-state index in [0.717, 1.165) is 31.9 Å². The second kappa shape index (κ2) is 8.29. The van der Waals surface area contributed by atoms with Crippen molar-refractivity contribution < 1.29 is 5.11 Å². The van der Waals surface area contributed by atoms with Crippen LogP contribution in [0.4, 0.5) is 11.6 Å². The van der Waals surface area contributed by atoms with Gasteiger partial charge in [0.15, 0.2) is 0 Å². The van der Waals surface area contributed by atoms with Crippen LogP contribution in [0.5, 0.6) is 0 Å². The maximum atomic E-state index is 9.55. The van der Waals surface area contributed by atoms with Crippen LogP contribution in [0.25, 0.3) is 0 Å². The summed E-state index contributed by atoms with van der Waals surface area (Å²) in [5.74, 6) is 1.40. The SMILES string of the molecule is CC(C)N1CCC(N2CCN(c3cc(N)ncn3)C[C@H]2CCO)CC1. The Kier molecular flexibility index (Phi) is 6.09. The van der Waals surface area contributed by atoms with Gasteiger partial charge >= 0.3 is 0 Å². The van der Waals surface area contributed by atoms with Crippen molar-refractivity contribution >= 4 is 11.6 Å². The Morgan fingerprint density at radius 3 is 2.60 bits per heavy atom. The molecule has 3 N–H and O–H groups in total. The van der Waals surface area contributed by atoms with Crippen LogP contribution in [0.1, 0.15) is 33.1 Å². The third kappa shape index (κ3) is 4.40. The Bertz CT molecular complexity index is 546. The molecule has 0 amide bonds. The van der Waals surface area contributed by atoms with Crippen molar-refractivity contribution in [2.24, 2.45) is 0 Å². The van der Waals surface area contributed by atoms with Gasteiger partial charge < -0.3 is 20.6 Å². The minimum absolute atomic E-state index is 0.228. The second-order valence-corrected chi connectivity index (χ2v) is 7.51. The molecule has 1 atom stereocenters. The highest BCUT2D eigenvalue weighted by molar-refractivity contribution is 5.46. The number of hydrogen-bond donors (Lipinski definition) is 2. The number of nitrogens with zero attached hydrogens (tertiary/aromatic N) is 5. The maximum absolute atomic E-state index is 9.55. The Balaban J connectivity index is 1.64. The summed E-state index contributed by atoms with van der Waals surface area (Å²) in [6.45, 7) is 9.99. The molecule has 0 spiro atoms. The fourth-order valence-electron chi connectivity index (χ4n) is 4.23. The molecule has 0 radical (unpaired) electrons. The first-order valence-electron chi connectivity index (χ1n) is 9.51. The zero-order valence-electron chi connectivity index (χ0n) is 15.5. The topological polar surface area (TPSA) is 81.8 Å². The van der Waals surface area contributed by atoms with Crippen LogP contribution in [0.2, 0.25) is 0 Å². The third-order valence-corrected chi connectivity index (χ3v) is 5.69. The number of hydrogen-bond acceptors (Lipinski definition) is 7. The lowest BCUT2D eigenvalue weighted by atomic mass is 9.97. The third-order valence-electron chi connectivity index (χ3n) is 5.69. The van der Waals surface area contributed by atoms with Crippen molar-refractivity contribution in [3.05, 3.63) is 12.4 Å². The van der Waals surface area contributed by atoms with Crippen molar-refractivity contribution in [1.82, 2.24) is 19.8 Å². The molecule has 2 aliphatic heterocycles. The molecule has 0 bridgehead atoms. The van der Waals surface area contributed by atoms with E-state index < -0.39 is 0 Å². The number of aromatic nitrogens is 2. The highest BCUT2D eigenvalue weighted by atomic mass is 16.3. The van der Waals surface area contributed by atoms with Crippen molar-refractivity contribution in [3.63, 3.8) is 0 Å². The van der Waals surface area contributed by atoms with Crippen LogP contribution in [0.15, 0.2) is 12.4 Å². The largest absolute Gasteiger partial charge is 0.396 e. The van der Waals surface area contributed by atoms with Gasteiger partial charge in [-0.25, -0.2) is 9.97 Å². The minimum atomic E-state index is 0.228. The zero-order chi connectivity index (χ0) is 17.8. The first-order valence-corrected chi connectivity index (χ1v) is 9.51. The van der Waals surface area contributed by atoms with Crippen molar-refractivity contribution in [2.45, 2.75) is 51.2 Å². The number of piperazine rings is 1. The van der Waals surface area contributed by atoms with Crippen LogP contribution < -0.4 is 10.6 Å². The summed E-state index contributed by atoms with van der Waals surface area (Å²) >= 11 is 0. The van der Waals surface area contributed by atoms with Gasteiger partial charge in [0.25, 0.3) is 0 Å². The molecule has 7 heteroatoms. The number of anilines is 2. The van der Waals surface area contributed by atoms with Crippen LogP contribution in [-0.4, -0.2) is 82.3 Å². The lowest BCUT2D eigenvalue weighted by Crippen LogP contribution is -2.59. The van der Waals surface area contributed by atoms with Gasteiger partial charge in [-0.1, -0.05) is 0 Å². The molecule has 2 fully saturated rings. The highest BCUT2D eigenvalue weighted by Crippen LogP contribution is 2.26. The first-order chi connectivity index (χ1) is 12.1. The molecule has 2 saturated heterocycles. The molecule has 25 heavy (non-hydrogen) atoms. The molecular weight excluding hydrogens is 316 g/mol. The van der Waals surface area contributed by atoms with E-state index in [4.69, 9.17) is 5.73 Å². The van der Waals surface area contributed by atoms with Crippen LogP contribution in [0, 0.1) is 0 Å². The van der Waals surface area contributed by atoms with E-state index in [9.17, 15) is 5.11 Å². The van der Waals surface area contributed by atoms with E-state index in [1.807, 2.05) is 6.07 Å². The van der Waals surface area contributed by atoms with Crippen molar-refractivity contribution in [1.29, 1.82) is 0 Å². The summed E-state index contributed by atoms with van der Waals surface area (Å²) in [6, 6.07) is 3.47. The van der Waals surface area contributed by atoms with E-state index in [0.29, 0.717) is 23.9 Å². The molecular formula is C18H32N6O. The lowest BCUT2D eigenvalue weighted by molar-refractivity contribution is 0.0463. The van der Waals surface area contributed by atoms with Crippen LogP contribution in [-0.2, 0) is 0 Å². The van der Waals surface area contributed by atoms with Gasteiger partial charge in [-0.2, -0.15) is 0 Å². The number of nitrogens with two attached hydrogens (primary N) is 1. The first kappa shape index (κ1) is 18.4. The van der Waals surface area contributed by atoms with Gasteiger partial charge in [0.1, 0.15) is 18.0 Å². The van der Waals surface area contributed by atoms with E-state index in [1.54, 1.807) is 0 Å². The Morgan fingerprint density at radius 1 is 1.20 bits per heavy atom. The molecule has 140 valence electrons. The smallest absolute Gasteiger partial charge is 0.134 e. The summed E-state index contributed by atoms with van der Waals surface area (Å²) in [5, 5.41) is 9.55. The molecule has 3 heterocycles. The standard InChI is InChI=1S/C18H32N6O/c1-14(2)22-6-3-15(4-7-22)24-9-8-23(12-16(24)5-10-25)18-11-17(19)20-13-21-18/h11,13-16,25H,3-10,12H2,1-2H3,(H2,19,20,21)/t16-/m1/s1. The molecule has 0 aromatic carbocycles. The number of aliphatic hydroxyl groups excluding tert-OH is 1. The highest BCUT2D eigenvalue weighted by Gasteiger charge is 2.34. The van der Waals surface area contributed by atoms with Crippen LogP contribution >= 0.6 is 0 Å². The summed E-state index contributed by atoms with van der Waals surface area (Å²) in [6.07, 6.45) is 4.78. The van der Waals surface area contributed by atoms with Gasteiger partial charge in [-0.15, -0.1) is 0 Å². The van der Waals surface area contributed by atoms with E-state index in [1.165, 1.54) is 32.3 Å². The predicted octanol–water partition coefficient (Wildman–Crippen LogP) is 0.805. The molecule has 0 saturated carbocycles. The van der Waals surface area contributed by atoms with E-state index in [-0.39, 0.29) is 6.61 Å². The minimum Gasteiger partial charge on any atom is -0.396 e. The fourth-order valence-corrected chi connectivity index (χ4v) is 4.23. The predicted molar refractivity (Wildman–Crippen MR) is 101 cm³/mol. The number of nitrogen functional groups attached to an aromatic ring is 1. The molecule has 3 rings (SSSR count). The molecule has 1 aromatic heterocycles. The number of aliphatic hydroxyl groups is 1. The van der Waals surface area contributed by atoms with Gasteiger partial charge in [0, 0.05) is 50.4 Å². The zero-order valence-corrected chi connectivity index (χ0v) is 15.5. The Morgan fingerprint density at radius 2 is 1.96 bits per heavy atom. The fraction of sp³-hybridized carbons (Fsp3) is 0.778. The lowest BCUT2D eigenvalue weighted by Gasteiger charge is -2.48. The molecule has 7 nitrogen and oxygen atoms in total. The molecule has 1 aromatic rings. The van der Waals surface area contributed by atoms with Gasteiger partial charge in [-0.05, 0) is 46.2 Å². The van der Waals surface area contributed by atoms with Gasteiger partial charge in [0.2, 0.25) is 0 Å². The quantitative estimate of drug-likeness (QED) is 0.815. The van der Waals surface area contributed by atoms with Crippen molar-refractivity contribution in [2.75, 3.05) is 50.0 Å². The molecule has 0 aliphatic carbocycles. The van der Waals surface area contributed by atoms with Gasteiger partial charge in [0.05, 0.1) is 0 Å².